The van der Waals surface area contributed by atoms with Gasteiger partial charge in [0.2, 0.25) is 11.8 Å². The number of amides is 1. The molecule has 2 heterocycles. The summed E-state index contributed by atoms with van der Waals surface area (Å²) in [5, 5.41) is 24.3. The van der Waals surface area contributed by atoms with Crippen LogP contribution in [0.25, 0.3) is 5.78 Å². The molecule has 2 aromatic heterocycles. The fourth-order valence-corrected chi connectivity index (χ4v) is 1.43. The van der Waals surface area contributed by atoms with Crippen LogP contribution < -0.4 is 5.32 Å². The molecule has 9 nitrogen and oxygen atoms in total. The molecule has 0 spiro atoms. The smallest absolute Gasteiger partial charge is 0.303 e. The molecule has 1 amide bonds. The first-order chi connectivity index (χ1) is 9.06. The minimum Gasteiger partial charge on any atom is -0.493 e. The molecule has 0 radical (unpaired) electrons. The number of aliphatic carboxylic acids is 1. The lowest BCUT2D eigenvalue weighted by Crippen LogP contribution is -2.23. The van der Waals surface area contributed by atoms with Gasteiger partial charge in [0.15, 0.2) is 0 Å². The van der Waals surface area contributed by atoms with Crippen LogP contribution in [0.15, 0.2) is 12.4 Å². The van der Waals surface area contributed by atoms with Gasteiger partial charge in [-0.2, -0.15) is 14.6 Å². The monoisotopic (exact) mass is 265 g/mol. The van der Waals surface area contributed by atoms with Gasteiger partial charge in [0.25, 0.3) is 5.78 Å². The Kier molecular flexibility index (Phi) is 3.55. The molecule has 0 aliphatic rings. The number of carbonyl (C=O) groups is 2. The number of hydrogen-bond acceptors (Lipinski definition) is 6. The van der Waals surface area contributed by atoms with Crippen LogP contribution in [0.2, 0.25) is 0 Å². The average molecular weight is 265 g/mol. The van der Waals surface area contributed by atoms with E-state index in [4.69, 9.17) is 5.11 Å². The van der Waals surface area contributed by atoms with Crippen LogP contribution in [0, 0.1) is 0 Å². The maximum Gasteiger partial charge on any atom is 0.303 e. The molecular formula is C10H11N5O4. The highest BCUT2D eigenvalue weighted by atomic mass is 16.4. The Hall–Kier alpha value is -2.71. The third-order valence-electron chi connectivity index (χ3n) is 2.32. The van der Waals surface area contributed by atoms with Gasteiger partial charge in [-0.25, -0.2) is 4.98 Å². The number of aromatic nitrogens is 4. The van der Waals surface area contributed by atoms with E-state index in [2.05, 4.69) is 20.4 Å². The molecule has 100 valence electrons. The second-order valence-corrected chi connectivity index (χ2v) is 3.75. The Bertz CT molecular complexity index is 623. The van der Waals surface area contributed by atoms with E-state index in [1.54, 1.807) is 0 Å². The lowest BCUT2D eigenvalue weighted by Gasteiger charge is -2.04. The van der Waals surface area contributed by atoms with Gasteiger partial charge in [0.1, 0.15) is 6.33 Å². The topological polar surface area (TPSA) is 130 Å². The van der Waals surface area contributed by atoms with Crippen LogP contribution >= 0.6 is 0 Å². The molecule has 0 aliphatic carbocycles. The first-order valence-electron chi connectivity index (χ1n) is 5.43. The van der Waals surface area contributed by atoms with Crippen LogP contribution in [0.4, 0.5) is 0 Å². The van der Waals surface area contributed by atoms with Crippen molar-refractivity contribution in [2.24, 2.45) is 0 Å². The highest BCUT2D eigenvalue weighted by Gasteiger charge is 2.08. The predicted molar refractivity (Wildman–Crippen MR) is 61.2 cm³/mol. The van der Waals surface area contributed by atoms with E-state index in [1.165, 1.54) is 12.4 Å². The van der Waals surface area contributed by atoms with E-state index in [0.29, 0.717) is 5.69 Å². The molecule has 0 bridgehead atoms. The van der Waals surface area contributed by atoms with Crippen molar-refractivity contribution in [3.05, 3.63) is 18.1 Å². The van der Waals surface area contributed by atoms with E-state index in [1.807, 2.05) is 0 Å². The summed E-state index contributed by atoms with van der Waals surface area (Å²) in [7, 11) is 0. The number of aromatic hydroxyl groups is 1. The Labute approximate surface area is 106 Å². The summed E-state index contributed by atoms with van der Waals surface area (Å²) >= 11 is 0. The zero-order valence-electron chi connectivity index (χ0n) is 9.78. The summed E-state index contributed by atoms with van der Waals surface area (Å²) in [6.07, 6.45) is 0.916. The molecule has 0 aliphatic heterocycles. The molecule has 9 heteroatoms. The van der Waals surface area contributed by atoms with Crippen molar-refractivity contribution in [1.82, 2.24) is 24.9 Å². The minimum atomic E-state index is -1.03. The lowest BCUT2D eigenvalue weighted by atomic mass is 10.3. The number of nitrogens with one attached hydrogen (secondary N) is 1. The molecule has 0 unspecified atom stereocenters. The average Bonchev–Trinajstić information content (AvgIpc) is 2.82. The van der Waals surface area contributed by atoms with E-state index in [-0.39, 0.29) is 31.0 Å². The van der Waals surface area contributed by atoms with E-state index in [9.17, 15) is 14.7 Å². The summed E-state index contributed by atoms with van der Waals surface area (Å²) in [5.74, 6) is -1.35. The third kappa shape index (κ3) is 3.15. The van der Waals surface area contributed by atoms with Crippen LogP contribution in [-0.2, 0) is 16.1 Å². The second kappa shape index (κ2) is 5.29. The van der Waals surface area contributed by atoms with Crippen molar-refractivity contribution in [3.8, 4) is 5.88 Å². The standard InChI is InChI=1S/C10H11N5O4/c16-7(1-2-9(18)19)11-4-6-3-8(17)15-10(14-6)12-5-13-15/h3,5,17H,1-2,4H2,(H,11,16)(H,18,19). The quantitative estimate of drug-likeness (QED) is 0.652. The SMILES string of the molecule is O=C(O)CCC(=O)NCc1cc(O)n2ncnc2n1. The molecule has 0 fully saturated rings. The normalized spacial score (nSPS) is 10.5. The van der Waals surface area contributed by atoms with Crippen LogP contribution in [0.1, 0.15) is 18.5 Å². The van der Waals surface area contributed by atoms with Crippen LogP contribution in [0.5, 0.6) is 5.88 Å². The number of carboxylic acids is 1. The molecule has 0 aromatic carbocycles. The molecule has 0 saturated heterocycles. The molecule has 2 aromatic rings. The van der Waals surface area contributed by atoms with Gasteiger partial charge in [-0.3, -0.25) is 9.59 Å². The maximum atomic E-state index is 11.3. The zero-order chi connectivity index (χ0) is 13.8. The van der Waals surface area contributed by atoms with Gasteiger partial charge in [-0.15, -0.1) is 0 Å². The van der Waals surface area contributed by atoms with Crippen molar-refractivity contribution < 1.29 is 19.8 Å². The molecule has 0 saturated carbocycles. The van der Waals surface area contributed by atoms with Crippen molar-refractivity contribution >= 4 is 17.7 Å². The Morgan fingerprint density at radius 2 is 2.16 bits per heavy atom. The van der Waals surface area contributed by atoms with Gasteiger partial charge in [-0.05, 0) is 0 Å². The molecule has 19 heavy (non-hydrogen) atoms. The van der Waals surface area contributed by atoms with Gasteiger partial charge in [-0.1, -0.05) is 0 Å². The third-order valence-corrected chi connectivity index (χ3v) is 2.32. The molecular weight excluding hydrogens is 254 g/mol. The number of hydrogen-bond donors (Lipinski definition) is 3. The van der Waals surface area contributed by atoms with Gasteiger partial charge >= 0.3 is 5.97 Å². The summed E-state index contributed by atoms with van der Waals surface area (Å²) in [6.45, 7) is 0.0787. The maximum absolute atomic E-state index is 11.3. The second-order valence-electron chi connectivity index (χ2n) is 3.75. The van der Waals surface area contributed by atoms with Crippen molar-refractivity contribution in [2.45, 2.75) is 19.4 Å². The highest BCUT2D eigenvalue weighted by Crippen LogP contribution is 2.10. The van der Waals surface area contributed by atoms with E-state index in [0.717, 1.165) is 4.52 Å². The van der Waals surface area contributed by atoms with Gasteiger partial charge < -0.3 is 15.5 Å². The van der Waals surface area contributed by atoms with Crippen molar-refractivity contribution in [2.75, 3.05) is 0 Å². The molecule has 3 N–H and O–H groups in total. The van der Waals surface area contributed by atoms with E-state index >= 15 is 0 Å². The van der Waals surface area contributed by atoms with Crippen molar-refractivity contribution in [3.63, 3.8) is 0 Å². The number of carboxylic acid groups (broad SMARTS) is 1. The first kappa shape index (κ1) is 12.7. The van der Waals surface area contributed by atoms with Gasteiger partial charge in [0.05, 0.1) is 18.7 Å². The molecule has 2 rings (SSSR count). The summed E-state index contributed by atoms with van der Waals surface area (Å²) < 4.78 is 1.15. The lowest BCUT2D eigenvalue weighted by molar-refractivity contribution is -0.138. The first-order valence-corrected chi connectivity index (χ1v) is 5.43. The highest BCUT2D eigenvalue weighted by molar-refractivity contribution is 5.80. The van der Waals surface area contributed by atoms with Crippen LogP contribution in [-0.4, -0.2) is 41.7 Å². The number of rotatable bonds is 5. The number of fused-ring (bicyclic) bond motifs is 1. The molecule has 0 atom stereocenters. The fraction of sp³-hybridized carbons (Fsp3) is 0.300. The van der Waals surface area contributed by atoms with Gasteiger partial charge in [0, 0.05) is 12.5 Å². The largest absolute Gasteiger partial charge is 0.493 e. The minimum absolute atomic E-state index is 0.0787. The number of carbonyl (C=O) groups excluding carboxylic acids is 1. The predicted octanol–water partition coefficient (Wildman–Crippen LogP) is -0.689. The van der Waals surface area contributed by atoms with Crippen molar-refractivity contribution in [1.29, 1.82) is 0 Å². The van der Waals surface area contributed by atoms with E-state index < -0.39 is 11.9 Å². The summed E-state index contributed by atoms with van der Waals surface area (Å²) in [5.41, 5.74) is 0.404. The zero-order valence-corrected chi connectivity index (χ0v) is 9.78. The summed E-state index contributed by atoms with van der Waals surface area (Å²) in [4.78, 5) is 29.5. The van der Waals surface area contributed by atoms with Crippen LogP contribution in [0.3, 0.4) is 0 Å². The number of nitrogens with zero attached hydrogens (tertiary/aromatic N) is 4. The fourth-order valence-electron chi connectivity index (χ4n) is 1.43. The Morgan fingerprint density at radius 1 is 1.37 bits per heavy atom. The summed E-state index contributed by atoms with van der Waals surface area (Å²) in [6, 6.07) is 1.35. The Balaban J connectivity index is 1.97. The Morgan fingerprint density at radius 3 is 2.89 bits per heavy atom.